The summed E-state index contributed by atoms with van der Waals surface area (Å²) in [4.78, 5) is 13.3. The van der Waals surface area contributed by atoms with Crippen molar-refractivity contribution in [2.75, 3.05) is 32.1 Å². The Hall–Kier alpha value is -3.38. The molecule has 9 heteroatoms. The molecule has 0 unspecified atom stereocenters. The van der Waals surface area contributed by atoms with Crippen molar-refractivity contribution >= 4 is 11.8 Å². The van der Waals surface area contributed by atoms with E-state index in [1.165, 1.54) is 13.2 Å². The number of aliphatic carboxylic acids is 1. The van der Waals surface area contributed by atoms with Crippen LogP contribution in [0.2, 0.25) is 0 Å². The molecule has 0 spiro atoms. The summed E-state index contributed by atoms with van der Waals surface area (Å²) in [7, 11) is 1.52. The second kappa shape index (κ2) is 9.62. The number of carboxylic acid groups (broad SMARTS) is 1. The number of aromatic nitrogens is 2. The number of anilines is 1. The van der Waals surface area contributed by atoms with Crippen LogP contribution in [0.25, 0.3) is 11.3 Å². The summed E-state index contributed by atoms with van der Waals surface area (Å²) in [6.45, 7) is 5.49. The number of nitrogens with one attached hydrogen (secondary N) is 1. The van der Waals surface area contributed by atoms with Gasteiger partial charge < -0.3 is 25.2 Å². The molecule has 9 nitrogen and oxygen atoms in total. The summed E-state index contributed by atoms with van der Waals surface area (Å²) in [5.41, 5.74) is 1.90. The van der Waals surface area contributed by atoms with Crippen molar-refractivity contribution < 1.29 is 19.7 Å². The van der Waals surface area contributed by atoms with E-state index < -0.39 is 11.9 Å². The van der Waals surface area contributed by atoms with Crippen LogP contribution in [-0.4, -0.2) is 64.1 Å². The highest BCUT2D eigenvalue weighted by Crippen LogP contribution is 2.34. The van der Waals surface area contributed by atoms with E-state index in [1.807, 2.05) is 0 Å². The van der Waals surface area contributed by atoms with Gasteiger partial charge in [-0.05, 0) is 44.0 Å². The summed E-state index contributed by atoms with van der Waals surface area (Å²) < 4.78 is 5.12. The molecular formula is C22H27N5O4. The second-order valence-electron chi connectivity index (χ2n) is 7.87. The standard InChI is InChI=1S/C22H27N5O4/c1-13(22(29)30)11-27-8-4-5-15(12-27)24-21-18(10-23)14(2)20(25-26-21)17-7-6-16(31-3)9-19(17)28/h6-7,9,13,15,28H,4-5,8,11-12H2,1-3H3,(H,24,26)(H,29,30)/t13-,15-/m1/s1. The highest BCUT2D eigenvalue weighted by atomic mass is 16.5. The molecule has 1 aliphatic rings. The first kappa shape index (κ1) is 22.3. The highest BCUT2D eigenvalue weighted by molar-refractivity contribution is 5.74. The number of nitriles is 1. The number of nitrogens with zero attached hydrogens (tertiary/aromatic N) is 4. The van der Waals surface area contributed by atoms with Gasteiger partial charge in [-0.1, -0.05) is 6.92 Å². The first-order chi connectivity index (χ1) is 14.8. The Bertz CT molecular complexity index is 1000. The van der Waals surface area contributed by atoms with E-state index in [0.717, 1.165) is 19.4 Å². The van der Waals surface area contributed by atoms with Crippen molar-refractivity contribution in [1.82, 2.24) is 15.1 Å². The zero-order valence-corrected chi connectivity index (χ0v) is 17.9. The Morgan fingerprint density at radius 3 is 2.87 bits per heavy atom. The zero-order valence-electron chi connectivity index (χ0n) is 17.9. The van der Waals surface area contributed by atoms with Crippen LogP contribution in [0.5, 0.6) is 11.5 Å². The third kappa shape index (κ3) is 5.03. The lowest BCUT2D eigenvalue weighted by Crippen LogP contribution is -2.44. The Labute approximate surface area is 181 Å². The first-order valence-corrected chi connectivity index (χ1v) is 10.2. The van der Waals surface area contributed by atoms with Crippen molar-refractivity contribution in [3.63, 3.8) is 0 Å². The van der Waals surface area contributed by atoms with E-state index in [9.17, 15) is 15.2 Å². The second-order valence-corrected chi connectivity index (χ2v) is 7.87. The lowest BCUT2D eigenvalue weighted by atomic mass is 10.0. The molecule has 3 rings (SSSR count). The van der Waals surface area contributed by atoms with Gasteiger partial charge in [0.25, 0.3) is 0 Å². The molecule has 0 bridgehead atoms. The number of likely N-dealkylation sites (tertiary alicyclic amines) is 1. The average molecular weight is 425 g/mol. The molecule has 1 saturated heterocycles. The normalized spacial score (nSPS) is 17.5. The summed E-state index contributed by atoms with van der Waals surface area (Å²) in [6.07, 6.45) is 1.82. The summed E-state index contributed by atoms with van der Waals surface area (Å²) in [5, 5.41) is 41.1. The number of carboxylic acids is 1. The summed E-state index contributed by atoms with van der Waals surface area (Å²) in [6, 6.07) is 7.12. The van der Waals surface area contributed by atoms with Gasteiger partial charge in [-0.25, -0.2) is 0 Å². The third-order valence-electron chi connectivity index (χ3n) is 5.59. The maximum atomic E-state index is 11.2. The number of phenols is 1. The Morgan fingerprint density at radius 2 is 2.23 bits per heavy atom. The molecule has 0 aliphatic carbocycles. The van der Waals surface area contributed by atoms with Crippen LogP contribution in [0.4, 0.5) is 5.82 Å². The molecule has 31 heavy (non-hydrogen) atoms. The molecule has 0 radical (unpaired) electrons. The number of hydrogen-bond donors (Lipinski definition) is 3. The first-order valence-electron chi connectivity index (χ1n) is 10.2. The SMILES string of the molecule is COc1ccc(-c2nnc(N[C@@H]3CCCN(C[C@@H](C)C(=O)O)C3)c(C#N)c2C)c(O)c1. The topological polar surface area (TPSA) is 132 Å². The quantitative estimate of drug-likeness (QED) is 0.612. The van der Waals surface area contributed by atoms with Gasteiger partial charge in [-0.15, -0.1) is 10.2 Å². The monoisotopic (exact) mass is 425 g/mol. The minimum absolute atomic E-state index is 0.00294. The van der Waals surface area contributed by atoms with Crippen molar-refractivity contribution in [3.8, 4) is 28.8 Å². The van der Waals surface area contributed by atoms with Gasteiger partial charge >= 0.3 is 5.97 Å². The number of rotatable bonds is 7. The fraction of sp³-hybridized carbons (Fsp3) is 0.455. The maximum absolute atomic E-state index is 11.2. The van der Waals surface area contributed by atoms with Crippen LogP contribution in [0.15, 0.2) is 18.2 Å². The lowest BCUT2D eigenvalue weighted by molar-refractivity contribution is -0.141. The largest absolute Gasteiger partial charge is 0.507 e. The highest BCUT2D eigenvalue weighted by Gasteiger charge is 2.25. The summed E-state index contributed by atoms with van der Waals surface area (Å²) >= 11 is 0. The molecule has 0 amide bonds. The van der Waals surface area contributed by atoms with E-state index >= 15 is 0 Å². The van der Waals surface area contributed by atoms with Gasteiger partial charge in [0.2, 0.25) is 0 Å². The van der Waals surface area contributed by atoms with E-state index in [2.05, 4.69) is 26.5 Å². The van der Waals surface area contributed by atoms with E-state index in [-0.39, 0.29) is 11.8 Å². The average Bonchev–Trinajstić information content (AvgIpc) is 2.74. The molecule has 2 atom stereocenters. The number of piperidine rings is 1. The Kier molecular flexibility index (Phi) is 6.92. The molecule has 1 aliphatic heterocycles. The van der Waals surface area contributed by atoms with Crippen LogP contribution in [-0.2, 0) is 4.79 Å². The Morgan fingerprint density at radius 1 is 1.45 bits per heavy atom. The minimum atomic E-state index is -0.805. The van der Waals surface area contributed by atoms with Crippen molar-refractivity contribution in [1.29, 1.82) is 5.26 Å². The van der Waals surface area contributed by atoms with Crippen molar-refractivity contribution in [3.05, 3.63) is 29.3 Å². The molecule has 2 aromatic rings. The lowest BCUT2D eigenvalue weighted by Gasteiger charge is -2.34. The number of aromatic hydroxyl groups is 1. The van der Waals surface area contributed by atoms with Crippen LogP contribution < -0.4 is 10.1 Å². The third-order valence-corrected chi connectivity index (χ3v) is 5.59. The number of hydrogen-bond acceptors (Lipinski definition) is 8. The van der Waals surface area contributed by atoms with Gasteiger partial charge in [0.15, 0.2) is 5.82 Å². The smallest absolute Gasteiger partial charge is 0.307 e. The van der Waals surface area contributed by atoms with Crippen molar-refractivity contribution in [2.24, 2.45) is 5.92 Å². The van der Waals surface area contributed by atoms with Crippen LogP contribution in [0.3, 0.4) is 0 Å². The fourth-order valence-electron chi connectivity index (χ4n) is 3.85. The van der Waals surface area contributed by atoms with Crippen molar-refractivity contribution in [2.45, 2.75) is 32.7 Å². The van der Waals surface area contributed by atoms with Crippen LogP contribution >= 0.6 is 0 Å². The molecule has 2 heterocycles. The minimum Gasteiger partial charge on any atom is -0.507 e. The zero-order chi connectivity index (χ0) is 22.5. The predicted molar refractivity (Wildman–Crippen MR) is 115 cm³/mol. The van der Waals surface area contributed by atoms with Gasteiger partial charge in [0, 0.05) is 30.8 Å². The number of methoxy groups -OCH3 is 1. The van der Waals surface area contributed by atoms with Gasteiger partial charge in [-0.2, -0.15) is 5.26 Å². The molecule has 1 aromatic heterocycles. The molecule has 0 saturated carbocycles. The van der Waals surface area contributed by atoms with Gasteiger partial charge in [0.05, 0.1) is 13.0 Å². The number of carbonyl (C=O) groups is 1. The number of benzene rings is 1. The Balaban J connectivity index is 1.81. The van der Waals surface area contributed by atoms with E-state index in [1.54, 1.807) is 26.0 Å². The van der Waals surface area contributed by atoms with Crippen LogP contribution in [0.1, 0.15) is 30.9 Å². The molecule has 1 fully saturated rings. The van der Waals surface area contributed by atoms with Crippen LogP contribution in [0, 0.1) is 24.2 Å². The van der Waals surface area contributed by atoms with E-state index in [4.69, 9.17) is 9.84 Å². The molecule has 164 valence electrons. The molecular weight excluding hydrogens is 398 g/mol. The van der Waals surface area contributed by atoms with E-state index in [0.29, 0.717) is 47.0 Å². The molecule has 1 aromatic carbocycles. The predicted octanol–water partition coefficient (Wildman–Crippen LogP) is 2.63. The van der Waals surface area contributed by atoms with Gasteiger partial charge in [0.1, 0.15) is 28.8 Å². The fourth-order valence-corrected chi connectivity index (χ4v) is 3.85. The molecule has 3 N–H and O–H groups in total. The van der Waals surface area contributed by atoms with Gasteiger partial charge in [-0.3, -0.25) is 4.79 Å². The maximum Gasteiger partial charge on any atom is 0.307 e. The number of phenolic OH excluding ortho intramolecular Hbond substituents is 1. The summed E-state index contributed by atoms with van der Waals surface area (Å²) in [5.74, 6) is -0.330. The number of ether oxygens (including phenoxy) is 1.